The van der Waals surface area contributed by atoms with E-state index in [1.165, 1.54) is 0 Å². The van der Waals surface area contributed by atoms with E-state index in [9.17, 15) is 0 Å². The number of nitrogen functional groups attached to an aromatic ring is 1. The molecule has 1 unspecified atom stereocenters. The number of aliphatic hydroxyl groups excluding tert-OH is 1. The van der Waals surface area contributed by atoms with Crippen LogP contribution in [0.25, 0.3) is 5.95 Å². The van der Waals surface area contributed by atoms with Gasteiger partial charge >= 0.3 is 0 Å². The molecule has 0 saturated heterocycles. The first-order chi connectivity index (χ1) is 9.56. The molecule has 0 saturated carbocycles. The smallest absolute Gasteiger partial charge is 0.241 e. The number of aromatic nitrogens is 5. The number of nitrogens with zero attached hydrogens (tertiary/aromatic N) is 5. The van der Waals surface area contributed by atoms with Gasteiger partial charge in [-0.25, -0.2) is 4.98 Å². The van der Waals surface area contributed by atoms with Crippen molar-refractivity contribution < 1.29 is 5.11 Å². The van der Waals surface area contributed by atoms with Gasteiger partial charge in [0.2, 0.25) is 17.8 Å². The van der Waals surface area contributed by atoms with Crippen molar-refractivity contribution in [3.63, 3.8) is 0 Å². The SMILES string of the molecule is CCC(C)(CCO)Nc1nc(N)nc(-n2ccnc2)n1. The zero-order valence-corrected chi connectivity index (χ0v) is 11.6. The standard InChI is InChI=1S/C12H19N7O/c1-3-12(2,4-7-20)18-10-15-9(13)16-11(17-10)19-6-5-14-8-19/h5-6,8,20H,3-4,7H2,1-2H3,(H3,13,15,16,17,18). The van der Waals surface area contributed by atoms with Crippen molar-refractivity contribution in [3.05, 3.63) is 18.7 Å². The lowest BCUT2D eigenvalue weighted by Gasteiger charge is -2.28. The topological polar surface area (TPSA) is 115 Å². The van der Waals surface area contributed by atoms with Gasteiger partial charge in [0.25, 0.3) is 0 Å². The Morgan fingerprint density at radius 2 is 2.20 bits per heavy atom. The molecule has 20 heavy (non-hydrogen) atoms. The molecule has 8 nitrogen and oxygen atoms in total. The van der Waals surface area contributed by atoms with Crippen molar-refractivity contribution in [2.24, 2.45) is 0 Å². The van der Waals surface area contributed by atoms with E-state index in [0.29, 0.717) is 18.3 Å². The van der Waals surface area contributed by atoms with Crippen molar-refractivity contribution in [1.29, 1.82) is 0 Å². The first-order valence-electron chi connectivity index (χ1n) is 6.45. The van der Waals surface area contributed by atoms with Gasteiger partial charge in [0, 0.05) is 24.5 Å². The van der Waals surface area contributed by atoms with E-state index in [1.807, 2.05) is 13.8 Å². The lowest BCUT2D eigenvalue weighted by atomic mass is 9.95. The van der Waals surface area contributed by atoms with Crippen LogP contribution in [0.3, 0.4) is 0 Å². The van der Waals surface area contributed by atoms with Crippen molar-refractivity contribution >= 4 is 11.9 Å². The molecule has 0 amide bonds. The molecule has 2 rings (SSSR count). The molecular formula is C12H19N7O. The Kier molecular flexibility index (Phi) is 4.14. The molecule has 0 radical (unpaired) electrons. The molecule has 0 aliphatic rings. The van der Waals surface area contributed by atoms with Gasteiger partial charge in [-0.2, -0.15) is 15.0 Å². The number of imidazole rings is 1. The van der Waals surface area contributed by atoms with Gasteiger partial charge in [-0.15, -0.1) is 0 Å². The maximum atomic E-state index is 9.14. The summed E-state index contributed by atoms with van der Waals surface area (Å²) in [6.45, 7) is 4.12. The van der Waals surface area contributed by atoms with Crippen LogP contribution >= 0.6 is 0 Å². The highest BCUT2D eigenvalue weighted by Gasteiger charge is 2.22. The lowest BCUT2D eigenvalue weighted by Crippen LogP contribution is -2.36. The van der Waals surface area contributed by atoms with Crippen LogP contribution in [0.15, 0.2) is 18.7 Å². The Morgan fingerprint density at radius 1 is 1.40 bits per heavy atom. The Hall–Kier alpha value is -2.22. The molecule has 108 valence electrons. The van der Waals surface area contributed by atoms with E-state index in [0.717, 1.165) is 6.42 Å². The highest BCUT2D eigenvalue weighted by Crippen LogP contribution is 2.20. The summed E-state index contributed by atoms with van der Waals surface area (Å²) >= 11 is 0. The third-order valence-electron chi connectivity index (χ3n) is 3.23. The highest BCUT2D eigenvalue weighted by atomic mass is 16.3. The lowest BCUT2D eigenvalue weighted by molar-refractivity contribution is 0.251. The van der Waals surface area contributed by atoms with E-state index >= 15 is 0 Å². The molecule has 0 aliphatic heterocycles. The quantitative estimate of drug-likeness (QED) is 0.708. The van der Waals surface area contributed by atoms with E-state index in [4.69, 9.17) is 10.8 Å². The average molecular weight is 277 g/mol. The summed E-state index contributed by atoms with van der Waals surface area (Å²) in [5.74, 6) is 0.924. The van der Waals surface area contributed by atoms with Gasteiger partial charge in [-0.05, 0) is 19.8 Å². The largest absolute Gasteiger partial charge is 0.396 e. The highest BCUT2D eigenvalue weighted by molar-refractivity contribution is 5.37. The zero-order valence-electron chi connectivity index (χ0n) is 11.6. The summed E-state index contributed by atoms with van der Waals surface area (Å²) in [6.07, 6.45) is 6.36. The minimum Gasteiger partial charge on any atom is -0.396 e. The molecule has 0 spiro atoms. The van der Waals surface area contributed by atoms with Crippen LogP contribution in [-0.2, 0) is 0 Å². The minimum atomic E-state index is -0.297. The zero-order chi connectivity index (χ0) is 14.6. The molecule has 2 heterocycles. The van der Waals surface area contributed by atoms with Crippen LogP contribution in [0.1, 0.15) is 26.7 Å². The van der Waals surface area contributed by atoms with E-state index < -0.39 is 0 Å². The molecule has 2 aromatic heterocycles. The minimum absolute atomic E-state index is 0.0896. The average Bonchev–Trinajstić information content (AvgIpc) is 2.92. The van der Waals surface area contributed by atoms with Crippen LogP contribution < -0.4 is 11.1 Å². The predicted molar refractivity (Wildman–Crippen MR) is 75.4 cm³/mol. The third-order valence-corrected chi connectivity index (χ3v) is 3.23. The number of aliphatic hydroxyl groups is 1. The number of rotatable bonds is 6. The Bertz CT molecular complexity index is 557. The van der Waals surface area contributed by atoms with Crippen LogP contribution in [0.4, 0.5) is 11.9 Å². The van der Waals surface area contributed by atoms with Crippen LogP contribution in [0.5, 0.6) is 0 Å². The Balaban J connectivity index is 2.28. The van der Waals surface area contributed by atoms with Gasteiger partial charge < -0.3 is 16.2 Å². The third kappa shape index (κ3) is 3.21. The second kappa shape index (κ2) is 5.83. The van der Waals surface area contributed by atoms with Gasteiger partial charge in [0.05, 0.1) is 0 Å². The molecule has 2 aromatic rings. The monoisotopic (exact) mass is 277 g/mol. The van der Waals surface area contributed by atoms with Crippen molar-refractivity contribution in [2.75, 3.05) is 17.7 Å². The first-order valence-corrected chi connectivity index (χ1v) is 6.45. The van der Waals surface area contributed by atoms with Gasteiger partial charge in [0.15, 0.2) is 0 Å². The molecular weight excluding hydrogens is 258 g/mol. The van der Waals surface area contributed by atoms with Gasteiger partial charge in [-0.3, -0.25) is 4.57 Å². The maximum Gasteiger partial charge on any atom is 0.241 e. The molecule has 8 heteroatoms. The first kappa shape index (κ1) is 14.2. The maximum absolute atomic E-state index is 9.14. The number of hydrogen-bond acceptors (Lipinski definition) is 7. The molecule has 1 atom stereocenters. The number of nitrogens with one attached hydrogen (secondary N) is 1. The number of anilines is 2. The normalized spacial score (nSPS) is 13.9. The summed E-state index contributed by atoms with van der Waals surface area (Å²) in [5.41, 5.74) is 5.42. The van der Waals surface area contributed by atoms with E-state index in [1.54, 1.807) is 23.3 Å². The second-order valence-electron chi connectivity index (χ2n) is 4.80. The fourth-order valence-electron chi connectivity index (χ4n) is 1.77. The fraction of sp³-hybridized carbons (Fsp3) is 0.500. The van der Waals surface area contributed by atoms with E-state index in [2.05, 4.69) is 25.3 Å². The molecule has 0 aromatic carbocycles. The Morgan fingerprint density at radius 3 is 2.80 bits per heavy atom. The summed E-state index contributed by atoms with van der Waals surface area (Å²) in [7, 11) is 0. The van der Waals surface area contributed by atoms with Gasteiger partial charge in [0.1, 0.15) is 6.33 Å². The summed E-state index contributed by atoms with van der Waals surface area (Å²) in [4.78, 5) is 16.4. The molecule has 0 fully saturated rings. The van der Waals surface area contributed by atoms with Crippen LogP contribution in [0.2, 0.25) is 0 Å². The molecule has 4 N–H and O–H groups in total. The fourth-order valence-corrected chi connectivity index (χ4v) is 1.77. The van der Waals surface area contributed by atoms with Crippen molar-refractivity contribution in [1.82, 2.24) is 24.5 Å². The van der Waals surface area contributed by atoms with E-state index in [-0.39, 0.29) is 18.1 Å². The van der Waals surface area contributed by atoms with Crippen molar-refractivity contribution in [2.45, 2.75) is 32.2 Å². The molecule has 0 aliphatic carbocycles. The summed E-state index contributed by atoms with van der Waals surface area (Å²) in [6, 6.07) is 0. The van der Waals surface area contributed by atoms with Gasteiger partial charge in [-0.1, -0.05) is 6.92 Å². The summed E-state index contributed by atoms with van der Waals surface area (Å²) in [5, 5.41) is 12.4. The number of nitrogens with two attached hydrogens (primary N) is 1. The van der Waals surface area contributed by atoms with Crippen LogP contribution in [0, 0.1) is 0 Å². The predicted octanol–water partition coefficient (Wildman–Crippen LogP) is 0.602. The number of hydrogen-bond donors (Lipinski definition) is 3. The Labute approximate surface area is 117 Å². The van der Waals surface area contributed by atoms with Crippen molar-refractivity contribution in [3.8, 4) is 5.95 Å². The molecule has 0 bridgehead atoms. The van der Waals surface area contributed by atoms with Crippen LogP contribution in [-0.4, -0.2) is 41.8 Å². The second-order valence-corrected chi connectivity index (χ2v) is 4.80. The summed E-state index contributed by atoms with van der Waals surface area (Å²) < 4.78 is 1.65.